The van der Waals surface area contributed by atoms with Crippen molar-refractivity contribution in [3.63, 3.8) is 0 Å². The maximum atomic E-state index is 12.6. The molecule has 1 aliphatic heterocycles. The summed E-state index contributed by atoms with van der Waals surface area (Å²) in [4.78, 5) is 15.4. The Labute approximate surface area is 125 Å². The monoisotopic (exact) mass is 347 g/mol. The maximum absolute atomic E-state index is 12.6. The predicted octanol–water partition coefficient (Wildman–Crippen LogP) is 2.22. The maximum Gasteiger partial charge on any atom is 0.231 e. The minimum Gasteiger partial charge on any atom is -0.394 e. The van der Waals surface area contributed by atoms with Gasteiger partial charge in [0.25, 0.3) is 0 Å². The van der Waals surface area contributed by atoms with E-state index >= 15 is 0 Å². The highest BCUT2D eigenvalue weighted by atomic mass is 79.9. The third-order valence-electron chi connectivity index (χ3n) is 3.38. The van der Waals surface area contributed by atoms with Crippen LogP contribution in [0.25, 0.3) is 0 Å². The van der Waals surface area contributed by atoms with Crippen LogP contribution in [0.2, 0.25) is 0 Å². The van der Waals surface area contributed by atoms with Gasteiger partial charge in [-0.05, 0) is 41.9 Å². The molecule has 0 saturated carbocycles. The third-order valence-corrected chi connectivity index (χ3v) is 5.19. The van der Waals surface area contributed by atoms with Crippen LogP contribution in [0.4, 0.5) is 0 Å². The second-order valence-electron chi connectivity index (χ2n) is 4.84. The molecular formula is C13H18BrNO3S. The summed E-state index contributed by atoms with van der Waals surface area (Å²) in [6, 6.07) is 4.00. The molecule has 1 aromatic heterocycles. The van der Waals surface area contributed by atoms with E-state index in [1.165, 1.54) is 0 Å². The molecular weight excluding hydrogens is 330 g/mol. The molecule has 0 spiro atoms. The zero-order valence-corrected chi connectivity index (χ0v) is 13.4. The summed E-state index contributed by atoms with van der Waals surface area (Å²) in [6.07, 6.45) is -0.262. The van der Waals surface area contributed by atoms with Crippen LogP contribution in [0.5, 0.6) is 0 Å². The number of aliphatic hydroxyl groups excluding tert-OH is 1. The van der Waals surface area contributed by atoms with Gasteiger partial charge in [-0.2, -0.15) is 0 Å². The number of hydrogen-bond acceptors (Lipinski definition) is 4. The molecule has 1 fully saturated rings. The number of morpholine rings is 1. The predicted molar refractivity (Wildman–Crippen MR) is 78.4 cm³/mol. The Kier molecular flexibility index (Phi) is 5.00. The molecule has 1 saturated heterocycles. The Morgan fingerprint density at radius 2 is 2.42 bits per heavy atom. The molecule has 0 aliphatic carbocycles. The fraction of sp³-hybridized carbons (Fsp3) is 0.615. The van der Waals surface area contributed by atoms with Crippen molar-refractivity contribution in [1.29, 1.82) is 0 Å². The Morgan fingerprint density at radius 3 is 3.00 bits per heavy atom. The zero-order valence-electron chi connectivity index (χ0n) is 11.0. The van der Waals surface area contributed by atoms with Gasteiger partial charge in [-0.15, -0.1) is 11.3 Å². The molecule has 3 atom stereocenters. The van der Waals surface area contributed by atoms with E-state index in [1.807, 2.05) is 30.9 Å². The number of rotatable bonds is 3. The lowest BCUT2D eigenvalue weighted by atomic mass is 10.1. The van der Waals surface area contributed by atoms with Crippen LogP contribution in [0.15, 0.2) is 15.9 Å². The minimum absolute atomic E-state index is 0.0462. The summed E-state index contributed by atoms with van der Waals surface area (Å²) in [5, 5.41) is 9.17. The van der Waals surface area contributed by atoms with Crippen molar-refractivity contribution in [2.45, 2.75) is 31.9 Å². The molecule has 0 bridgehead atoms. The molecule has 19 heavy (non-hydrogen) atoms. The standard InChI is InChI=1S/C13H18BrNO3S/c1-8-7-18-10(6-16)5-15(8)13(17)9(2)11-3-4-12(14)19-11/h3-4,8-10,16H,5-7H2,1-2H3. The number of aliphatic hydroxyl groups is 1. The quantitative estimate of drug-likeness (QED) is 0.911. The number of thiophene rings is 1. The molecule has 2 heterocycles. The number of amides is 1. The lowest BCUT2D eigenvalue weighted by Crippen LogP contribution is -2.53. The minimum atomic E-state index is -0.262. The van der Waals surface area contributed by atoms with Crippen LogP contribution in [0.1, 0.15) is 24.6 Å². The van der Waals surface area contributed by atoms with E-state index in [4.69, 9.17) is 9.84 Å². The van der Waals surface area contributed by atoms with Crippen LogP contribution >= 0.6 is 27.3 Å². The van der Waals surface area contributed by atoms with Crippen molar-refractivity contribution in [3.05, 3.63) is 20.8 Å². The van der Waals surface area contributed by atoms with Gasteiger partial charge in [0.15, 0.2) is 0 Å². The zero-order chi connectivity index (χ0) is 14.0. The first-order valence-electron chi connectivity index (χ1n) is 6.31. The largest absolute Gasteiger partial charge is 0.394 e. The molecule has 0 radical (unpaired) electrons. The highest BCUT2D eigenvalue weighted by Gasteiger charge is 2.32. The lowest BCUT2D eigenvalue weighted by molar-refractivity contribution is -0.147. The average Bonchev–Trinajstić information content (AvgIpc) is 2.84. The Bertz CT molecular complexity index is 451. The molecule has 4 nitrogen and oxygen atoms in total. The first-order chi connectivity index (χ1) is 9.02. The second-order valence-corrected chi connectivity index (χ2v) is 7.34. The lowest BCUT2D eigenvalue weighted by Gasteiger charge is -2.38. The van der Waals surface area contributed by atoms with E-state index in [9.17, 15) is 4.79 Å². The first-order valence-corrected chi connectivity index (χ1v) is 7.92. The number of hydrogen-bond donors (Lipinski definition) is 1. The van der Waals surface area contributed by atoms with Crippen LogP contribution in [-0.4, -0.2) is 47.8 Å². The highest BCUT2D eigenvalue weighted by molar-refractivity contribution is 9.11. The molecule has 1 amide bonds. The van der Waals surface area contributed by atoms with Gasteiger partial charge in [-0.25, -0.2) is 0 Å². The second kappa shape index (κ2) is 6.35. The van der Waals surface area contributed by atoms with Gasteiger partial charge in [-0.3, -0.25) is 4.79 Å². The summed E-state index contributed by atoms with van der Waals surface area (Å²) in [6.45, 7) is 4.81. The summed E-state index contributed by atoms with van der Waals surface area (Å²) >= 11 is 5.00. The van der Waals surface area contributed by atoms with E-state index in [1.54, 1.807) is 11.3 Å². The van der Waals surface area contributed by atoms with Gasteiger partial charge in [0.1, 0.15) is 0 Å². The first kappa shape index (κ1) is 15.0. The SMILES string of the molecule is CC(C(=O)N1CC(CO)OCC1C)c1ccc(Br)s1. The Morgan fingerprint density at radius 1 is 1.68 bits per heavy atom. The van der Waals surface area contributed by atoms with Crippen molar-refractivity contribution < 1.29 is 14.6 Å². The Hall–Kier alpha value is -0.430. The van der Waals surface area contributed by atoms with Crippen LogP contribution in [-0.2, 0) is 9.53 Å². The van der Waals surface area contributed by atoms with Crippen molar-refractivity contribution in [1.82, 2.24) is 4.90 Å². The smallest absolute Gasteiger partial charge is 0.231 e. The van der Waals surface area contributed by atoms with Gasteiger partial charge >= 0.3 is 0 Å². The van der Waals surface area contributed by atoms with E-state index in [-0.39, 0.29) is 30.6 Å². The number of carbonyl (C=O) groups is 1. The molecule has 0 aromatic carbocycles. The fourth-order valence-electron chi connectivity index (χ4n) is 2.17. The van der Waals surface area contributed by atoms with Gasteiger partial charge < -0.3 is 14.7 Å². The van der Waals surface area contributed by atoms with Crippen molar-refractivity contribution in [2.24, 2.45) is 0 Å². The van der Waals surface area contributed by atoms with Crippen LogP contribution < -0.4 is 0 Å². The van der Waals surface area contributed by atoms with Crippen LogP contribution in [0, 0.1) is 0 Å². The van der Waals surface area contributed by atoms with Gasteiger partial charge in [0, 0.05) is 11.4 Å². The van der Waals surface area contributed by atoms with Crippen LogP contribution in [0.3, 0.4) is 0 Å². The molecule has 1 aromatic rings. The van der Waals surface area contributed by atoms with Gasteiger partial charge in [-0.1, -0.05) is 0 Å². The number of nitrogens with zero attached hydrogens (tertiary/aromatic N) is 1. The van der Waals surface area contributed by atoms with E-state index in [0.717, 1.165) is 8.66 Å². The van der Waals surface area contributed by atoms with Crippen molar-refractivity contribution in [3.8, 4) is 0 Å². The van der Waals surface area contributed by atoms with E-state index in [0.29, 0.717) is 13.2 Å². The molecule has 2 rings (SSSR count). The summed E-state index contributed by atoms with van der Waals surface area (Å²) < 4.78 is 6.49. The molecule has 3 unspecified atom stereocenters. The summed E-state index contributed by atoms with van der Waals surface area (Å²) in [7, 11) is 0. The molecule has 106 valence electrons. The fourth-order valence-corrected chi connectivity index (χ4v) is 3.63. The molecule has 6 heteroatoms. The van der Waals surface area contributed by atoms with Crippen molar-refractivity contribution >= 4 is 33.2 Å². The normalized spacial score (nSPS) is 25.4. The number of carbonyl (C=O) groups excluding carboxylic acids is 1. The number of ether oxygens (including phenoxy) is 1. The van der Waals surface area contributed by atoms with E-state index in [2.05, 4.69) is 15.9 Å². The summed E-state index contributed by atoms with van der Waals surface area (Å²) in [5.74, 6) is -0.0557. The third kappa shape index (κ3) is 3.37. The number of halogens is 1. The van der Waals surface area contributed by atoms with Gasteiger partial charge in [0.2, 0.25) is 5.91 Å². The Balaban J connectivity index is 2.09. The topological polar surface area (TPSA) is 49.8 Å². The average molecular weight is 348 g/mol. The van der Waals surface area contributed by atoms with Crippen molar-refractivity contribution in [2.75, 3.05) is 19.8 Å². The molecule has 1 N–H and O–H groups in total. The highest BCUT2D eigenvalue weighted by Crippen LogP contribution is 2.30. The van der Waals surface area contributed by atoms with E-state index < -0.39 is 0 Å². The summed E-state index contributed by atoms with van der Waals surface area (Å²) in [5.41, 5.74) is 0. The molecule has 1 aliphatic rings. The van der Waals surface area contributed by atoms with Gasteiger partial charge in [0.05, 0.1) is 35.1 Å².